The summed E-state index contributed by atoms with van der Waals surface area (Å²) in [5, 5.41) is 6.85. The molecule has 3 aromatic rings. The molecule has 1 aliphatic rings. The van der Waals surface area contributed by atoms with E-state index in [0.717, 1.165) is 24.1 Å². The van der Waals surface area contributed by atoms with Gasteiger partial charge in [-0.25, -0.2) is 8.78 Å². The molecule has 1 saturated heterocycles. The number of nitrogens with zero attached hydrogens (tertiary/aromatic N) is 2. The van der Waals surface area contributed by atoms with E-state index in [-0.39, 0.29) is 17.4 Å². The Hall–Kier alpha value is -3.02. The van der Waals surface area contributed by atoms with Crippen molar-refractivity contribution in [1.29, 1.82) is 0 Å². The van der Waals surface area contributed by atoms with Crippen LogP contribution in [-0.4, -0.2) is 34.1 Å². The SMILES string of the molecule is O=C(c1ccc(-c2ccn[nH]2)cc1)N1CCC[C@@H](CCc2c(F)cccc2F)C1. The van der Waals surface area contributed by atoms with Crippen molar-refractivity contribution in [3.05, 3.63) is 77.5 Å². The molecule has 0 radical (unpaired) electrons. The molecule has 1 atom stereocenters. The predicted octanol–water partition coefficient (Wildman–Crippen LogP) is 4.84. The Morgan fingerprint density at radius 1 is 1.10 bits per heavy atom. The molecule has 4 rings (SSSR count). The first kappa shape index (κ1) is 19.3. The van der Waals surface area contributed by atoms with Crippen LogP contribution < -0.4 is 0 Å². The number of carbonyl (C=O) groups is 1. The second kappa shape index (κ2) is 8.55. The maximum absolute atomic E-state index is 13.9. The molecule has 4 nitrogen and oxygen atoms in total. The summed E-state index contributed by atoms with van der Waals surface area (Å²) in [5.41, 5.74) is 2.67. The number of aromatic amines is 1. The second-order valence-electron chi connectivity index (χ2n) is 7.55. The van der Waals surface area contributed by atoms with Crippen LogP contribution in [0.1, 0.15) is 35.2 Å². The lowest BCUT2D eigenvalue weighted by Crippen LogP contribution is -2.40. The number of H-pyrrole nitrogens is 1. The minimum absolute atomic E-state index is 0.00272. The van der Waals surface area contributed by atoms with Gasteiger partial charge in [0.05, 0.1) is 5.69 Å². The van der Waals surface area contributed by atoms with Gasteiger partial charge in [-0.3, -0.25) is 9.89 Å². The average molecular weight is 395 g/mol. The van der Waals surface area contributed by atoms with Crippen LogP contribution in [-0.2, 0) is 6.42 Å². The Bertz CT molecular complexity index is 950. The smallest absolute Gasteiger partial charge is 0.253 e. The monoisotopic (exact) mass is 395 g/mol. The molecule has 1 fully saturated rings. The zero-order chi connectivity index (χ0) is 20.2. The molecule has 1 N–H and O–H groups in total. The third-order valence-electron chi connectivity index (χ3n) is 5.61. The summed E-state index contributed by atoms with van der Waals surface area (Å²) in [5.74, 6) is -0.740. The van der Waals surface area contributed by atoms with E-state index in [1.807, 2.05) is 35.2 Å². The van der Waals surface area contributed by atoms with Crippen LogP contribution in [0.2, 0.25) is 0 Å². The number of carbonyl (C=O) groups excluding carboxylic acids is 1. The van der Waals surface area contributed by atoms with Crippen molar-refractivity contribution < 1.29 is 13.6 Å². The number of aromatic nitrogens is 2. The van der Waals surface area contributed by atoms with Crippen molar-refractivity contribution in [3.8, 4) is 11.3 Å². The number of piperidine rings is 1. The molecule has 0 bridgehead atoms. The third kappa shape index (κ3) is 4.36. The Morgan fingerprint density at radius 2 is 1.86 bits per heavy atom. The molecule has 0 unspecified atom stereocenters. The summed E-state index contributed by atoms with van der Waals surface area (Å²) < 4.78 is 27.7. The quantitative estimate of drug-likeness (QED) is 0.672. The van der Waals surface area contributed by atoms with Crippen LogP contribution in [0.3, 0.4) is 0 Å². The van der Waals surface area contributed by atoms with Crippen LogP contribution >= 0.6 is 0 Å². The highest BCUT2D eigenvalue weighted by molar-refractivity contribution is 5.94. The first-order valence-electron chi connectivity index (χ1n) is 9.94. The molecule has 0 saturated carbocycles. The van der Waals surface area contributed by atoms with Gasteiger partial charge in [0, 0.05) is 30.4 Å². The lowest BCUT2D eigenvalue weighted by atomic mass is 9.91. The van der Waals surface area contributed by atoms with E-state index in [1.165, 1.54) is 18.2 Å². The molecule has 150 valence electrons. The van der Waals surface area contributed by atoms with E-state index >= 15 is 0 Å². The van der Waals surface area contributed by atoms with Crippen molar-refractivity contribution in [1.82, 2.24) is 15.1 Å². The van der Waals surface area contributed by atoms with Crippen LogP contribution in [0.15, 0.2) is 54.7 Å². The maximum Gasteiger partial charge on any atom is 0.253 e. The standard InChI is InChI=1S/C23H23F2N3O/c24-20-4-1-5-21(25)19(20)11-6-16-3-2-14-28(15-16)23(29)18-9-7-17(8-10-18)22-12-13-26-27-22/h1,4-5,7-10,12-13,16H,2-3,6,11,14-15H2,(H,26,27)/t16-/m0/s1. The summed E-state index contributed by atoms with van der Waals surface area (Å²) in [7, 11) is 0. The van der Waals surface area contributed by atoms with E-state index < -0.39 is 11.6 Å². The minimum Gasteiger partial charge on any atom is -0.338 e. The van der Waals surface area contributed by atoms with Crippen LogP contribution in [0, 0.1) is 17.6 Å². The summed E-state index contributed by atoms with van der Waals surface area (Å²) in [6.45, 7) is 1.34. The number of nitrogens with one attached hydrogen (secondary N) is 1. The number of hydrogen-bond donors (Lipinski definition) is 1. The topological polar surface area (TPSA) is 49.0 Å². The van der Waals surface area contributed by atoms with E-state index in [1.54, 1.807) is 6.20 Å². The summed E-state index contributed by atoms with van der Waals surface area (Å²) in [4.78, 5) is 14.8. The molecule has 1 aliphatic heterocycles. The molecule has 6 heteroatoms. The van der Waals surface area contributed by atoms with Crippen molar-refractivity contribution in [3.63, 3.8) is 0 Å². The molecule has 0 spiro atoms. The van der Waals surface area contributed by atoms with Gasteiger partial charge in [0.1, 0.15) is 11.6 Å². The first-order valence-corrected chi connectivity index (χ1v) is 9.94. The Labute approximate surface area is 168 Å². The van der Waals surface area contributed by atoms with Crippen molar-refractivity contribution in [2.24, 2.45) is 5.92 Å². The number of likely N-dealkylation sites (tertiary alicyclic amines) is 1. The Morgan fingerprint density at radius 3 is 2.55 bits per heavy atom. The van der Waals surface area contributed by atoms with Crippen molar-refractivity contribution in [2.45, 2.75) is 25.7 Å². The maximum atomic E-state index is 13.9. The lowest BCUT2D eigenvalue weighted by Gasteiger charge is -2.33. The molecule has 1 aromatic heterocycles. The summed E-state index contributed by atoms with van der Waals surface area (Å²) >= 11 is 0. The normalized spacial score (nSPS) is 16.8. The number of halogens is 2. The van der Waals surface area contributed by atoms with Crippen LogP contribution in [0.5, 0.6) is 0 Å². The van der Waals surface area contributed by atoms with Crippen LogP contribution in [0.25, 0.3) is 11.3 Å². The fraction of sp³-hybridized carbons (Fsp3) is 0.304. The third-order valence-corrected chi connectivity index (χ3v) is 5.61. The highest BCUT2D eigenvalue weighted by Gasteiger charge is 2.25. The Kier molecular flexibility index (Phi) is 5.69. The van der Waals surface area contributed by atoms with Crippen LogP contribution in [0.4, 0.5) is 8.78 Å². The average Bonchev–Trinajstić information content (AvgIpc) is 3.28. The largest absolute Gasteiger partial charge is 0.338 e. The molecular weight excluding hydrogens is 372 g/mol. The molecule has 2 aromatic carbocycles. The summed E-state index contributed by atoms with van der Waals surface area (Å²) in [6.07, 6.45) is 4.58. The molecular formula is C23H23F2N3O. The number of benzene rings is 2. The molecule has 29 heavy (non-hydrogen) atoms. The van der Waals surface area contributed by atoms with E-state index in [2.05, 4.69) is 10.2 Å². The van der Waals surface area contributed by atoms with E-state index in [4.69, 9.17) is 0 Å². The zero-order valence-corrected chi connectivity index (χ0v) is 16.1. The van der Waals surface area contributed by atoms with Gasteiger partial charge < -0.3 is 4.90 Å². The minimum atomic E-state index is -0.494. The van der Waals surface area contributed by atoms with Gasteiger partial charge in [-0.1, -0.05) is 18.2 Å². The van der Waals surface area contributed by atoms with Crippen molar-refractivity contribution in [2.75, 3.05) is 13.1 Å². The number of amides is 1. The number of rotatable bonds is 5. The van der Waals surface area contributed by atoms with Gasteiger partial charge in [0.15, 0.2) is 0 Å². The van der Waals surface area contributed by atoms with Gasteiger partial charge in [0.25, 0.3) is 5.91 Å². The van der Waals surface area contributed by atoms with Gasteiger partial charge in [-0.15, -0.1) is 0 Å². The van der Waals surface area contributed by atoms with Crippen molar-refractivity contribution >= 4 is 5.91 Å². The Balaban J connectivity index is 1.38. The fourth-order valence-corrected chi connectivity index (χ4v) is 4.00. The predicted molar refractivity (Wildman–Crippen MR) is 107 cm³/mol. The lowest BCUT2D eigenvalue weighted by molar-refractivity contribution is 0.0668. The zero-order valence-electron chi connectivity index (χ0n) is 16.1. The highest BCUT2D eigenvalue weighted by atomic mass is 19.1. The van der Waals surface area contributed by atoms with Gasteiger partial charge in [-0.05, 0) is 67.5 Å². The second-order valence-corrected chi connectivity index (χ2v) is 7.55. The van der Waals surface area contributed by atoms with E-state index in [9.17, 15) is 13.6 Å². The highest BCUT2D eigenvalue weighted by Crippen LogP contribution is 2.25. The van der Waals surface area contributed by atoms with Gasteiger partial charge in [-0.2, -0.15) is 5.10 Å². The van der Waals surface area contributed by atoms with Gasteiger partial charge in [0.2, 0.25) is 0 Å². The molecule has 0 aliphatic carbocycles. The molecule has 1 amide bonds. The van der Waals surface area contributed by atoms with E-state index in [0.29, 0.717) is 31.5 Å². The first-order chi connectivity index (χ1) is 14.1. The fourth-order valence-electron chi connectivity index (χ4n) is 4.00. The number of hydrogen-bond acceptors (Lipinski definition) is 2. The molecule has 2 heterocycles. The van der Waals surface area contributed by atoms with Gasteiger partial charge >= 0.3 is 0 Å². The summed E-state index contributed by atoms with van der Waals surface area (Å²) in [6, 6.07) is 13.3.